The van der Waals surface area contributed by atoms with Gasteiger partial charge in [-0.2, -0.15) is 0 Å². The van der Waals surface area contributed by atoms with Gasteiger partial charge in [-0.15, -0.1) is 0 Å². The summed E-state index contributed by atoms with van der Waals surface area (Å²) in [5.41, 5.74) is 1.09. The third-order valence-corrected chi connectivity index (χ3v) is 3.50. The summed E-state index contributed by atoms with van der Waals surface area (Å²) in [6.07, 6.45) is 0. The molecule has 1 amide bonds. The van der Waals surface area contributed by atoms with E-state index in [4.69, 9.17) is 25.8 Å². The molecule has 128 valence electrons. The number of hydrogen-bond donors (Lipinski definition) is 1. The molecule has 2 aromatic carbocycles. The van der Waals surface area contributed by atoms with Gasteiger partial charge in [0.25, 0.3) is 5.91 Å². The Morgan fingerprint density at radius 3 is 2.71 bits per heavy atom. The average Bonchev–Trinajstić information content (AvgIpc) is 2.59. The van der Waals surface area contributed by atoms with Crippen LogP contribution in [0.1, 0.15) is 17.3 Å². The molecule has 0 atom stereocenters. The van der Waals surface area contributed by atoms with Crippen LogP contribution in [-0.4, -0.2) is 32.8 Å². The van der Waals surface area contributed by atoms with Crippen molar-refractivity contribution in [2.24, 2.45) is 0 Å². The lowest BCUT2D eigenvalue weighted by Gasteiger charge is -2.10. The fourth-order valence-electron chi connectivity index (χ4n) is 2.04. The Morgan fingerprint density at radius 1 is 1.17 bits per heavy atom. The van der Waals surface area contributed by atoms with Crippen molar-refractivity contribution in [1.82, 2.24) is 0 Å². The van der Waals surface area contributed by atoms with Crippen LogP contribution in [0.4, 0.5) is 5.69 Å². The summed E-state index contributed by atoms with van der Waals surface area (Å²) < 4.78 is 15.9. The lowest BCUT2D eigenvalue weighted by atomic mass is 10.2. The standard InChI is InChI=1S/C18H20ClNO4/c1-3-23-9-10-24-15-6-4-5-13(11-15)18(21)20-14-7-8-17(22-2)16(19)12-14/h4-8,11-12H,3,9-10H2,1-2H3,(H,20,21). The molecule has 0 fully saturated rings. The van der Waals surface area contributed by atoms with Crippen molar-refractivity contribution in [2.45, 2.75) is 6.92 Å². The van der Waals surface area contributed by atoms with Crippen molar-refractivity contribution in [1.29, 1.82) is 0 Å². The number of amides is 1. The molecule has 0 aliphatic carbocycles. The van der Waals surface area contributed by atoms with E-state index in [-0.39, 0.29) is 5.91 Å². The first-order valence-corrected chi connectivity index (χ1v) is 7.97. The lowest BCUT2D eigenvalue weighted by Crippen LogP contribution is -2.12. The Bertz CT molecular complexity index is 690. The minimum absolute atomic E-state index is 0.244. The van der Waals surface area contributed by atoms with Crippen molar-refractivity contribution in [2.75, 3.05) is 32.2 Å². The molecule has 0 saturated carbocycles. The normalized spacial score (nSPS) is 10.3. The summed E-state index contributed by atoms with van der Waals surface area (Å²) in [7, 11) is 1.54. The van der Waals surface area contributed by atoms with Gasteiger partial charge in [0.05, 0.1) is 18.7 Å². The Morgan fingerprint density at radius 2 is 2.00 bits per heavy atom. The summed E-state index contributed by atoms with van der Waals surface area (Å²) in [6, 6.07) is 12.0. The van der Waals surface area contributed by atoms with Crippen LogP contribution >= 0.6 is 11.6 Å². The topological polar surface area (TPSA) is 56.8 Å². The van der Waals surface area contributed by atoms with E-state index < -0.39 is 0 Å². The van der Waals surface area contributed by atoms with E-state index in [1.165, 1.54) is 7.11 Å². The van der Waals surface area contributed by atoms with Gasteiger partial charge in [0.2, 0.25) is 0 Å². The van der Waals surface area contributed by atoms with Crippen LogP contribution < -0.4 is 14.8 Å². The molecule has 24 heavy (non-hydrogen) atoms. The smallest absolute Gasteiger partial charge is 0.255 e. The summed E-state index contributed by atoms with van der Waals surface area (Å²) in [5.74, 6) is 0.931. The molecule has 0 unspecified atom stereocenters. The van der Waals surface area contributed by atoms with Gasteiger partial charge in [-0.3, -0.25) is 4.79 Å². The average molecular weight is 350 g/mol. The number of ether oxygens (including phenoxy) is 3. The van der Waals surface area contributed by atoms with Crippen LogP contribution in [0.25, 0.3) is 0 Å². The molecule has 0 saturated heterocycles. The molecule has 0 bridgehead atoms. The number of carbonyl (C=O) groups excluding carboxylic acids is 1. The second-order valence-corrected chi connectivity index (χ2v) is 5.28. The molecular weight excluding hydrogens is 330 g/mol. The molecule has 6 heteroatoms. The number of methoxy groups -OCH3 is 1. The molecule has 5 nitrogen and oxygen atoms in total. The second-order valence-electron chi connectivity index (χ2n) is 4.88. The molecular formula is C18H20ClNO4. The van der Waals surface area contributed by atoms with Gasteiger partial charge in [0, 0.05) is 17.9 Å². The first kappa shape index (κ1) is 18.1. The van der Waals surface area contributed by atoms with Crippen LogP contribution in [0.15, 0.2) is 42.5 Å². The number of benzene rings is 2. The second kappa shape index (κ2) is 9.15. The minimum Gasteiger partial charge on any atom is -0.495 e. The van der Waals surface area contributed by atoms with Crippen LogP contribution in [0.3, 0.4) is 0 Å². The van der Waals surface area contributed by atoms with Gasteiger partial charge in [0.1, 0.15) is 18.1 Å². The summed E-state index contributed by atoms with van der Waals surface area (Å²) in [5, 5.41) is 3.23. The number of carbonyl (C=O) groups is 1. The van der Waals surface area contributed by atoms with Crippen molar-refractivity contribution >= 4 is 23.2 Å². The maximum Gasteiger partial charge on any atom is 0.255 e. The Hall–Kier alpha value is -2.24. The molecule has 1 N–H and O–H groups in total. The summed E-state index contributed by atoms with van der Waals surface area (Å²) in [4.78, 5) is 12.3. The van der Waals surface area contributed by atoms with Crippen molar-refractivity contribution in [3.8, 4) is 11.5 Å². The Balaban J connectivity index is 2.00. The highest BCUT2D eigenvalue weighted by Crippen LogP contribution is 2.27. The van der Waals surface area contributed by atoms with Crippen molar-refractivity contribution in [3.05, 3.63) is 53.1 Å². The highest BCUT2D eigenvalue weighted by atomic mass is 35.5. The quantitative estimate of drug-likeness (QED) is 0.731. The van der Waals surface area contributed by atoms with E-state index in [1.807, 2.05) is 6.92 Å². The minimum atomic E-state index is -0.244. The molecule has 2 aromatic rings. The van der Waals surface area contributed by atoms with Gasteiger partial charge < -0.3 is 19.5 Å². The summed E-state index contributed by atoms with van der Waals surface area (Å²) in [6.45, 7) is 3.52. The van der Waals surface area contributed by atoms with Crippen molar-refractivity contribution < 1.29 is 19.0 Å². The zero-order chi connectivity index (χ0) is 17.4. The van der Waals surface area contributed by atoms with E-state index in [0.29, 0.717) is 47.6 Å². The van der Waals surface area contributed by atoms with Gasteiger partial charge >= 0.3 is 0 Å². The fourth-order valence-corrected chi connectivity index (χ4v) is 2.29. The zero-order valence-electron chi connectivity index (χ0n) is 13.7. The molecule has 0 aliphatic heterocycles. The van der Waals surface area contributed by atoms with E-state index in [9.17, 15) is 4.79 Å². The number of halogens is 1. The number of anilines is 1. The third kappa shape index (κ3) is 5.15. The monoisotopic (exact) mass is 349 g/mol. The van der Waals surface area contributed by atoms with Crippen LogP contribution in [-0.2, 0) is 4.74 Å². The Labute approximate surface area is 146 Å². The predicted octanol–water partition coefficient (Wildman–Crippen LogP) is 4.02. The fraction of sp³-hybridized carbons (Fsp3) is 0.278. The zero-order valence-corrected chi connectivity index (χ0v) is 14.4. The Kier molecular flexibility index (Phi) is 6.90. The molecule has 0 aliphatic rings. The number of nitrogens with one attached hydrogen (secondary N) is 1. The van der Waals surface area contributed by atoms with Gasteiger partial charge in [0.15, 0.2) is 0 Å². The number of rotatable bonds is 8. The van der Waals surface area contributed by atoms with Crippen LogP contribution in [0.2, 0.25) is 5.02 Å². The van der Waals surface area contributed by atoms with Crippen molar-refractivity contribution in [3.63, 3.8) is 0 Å². The van der Waals surface area contributed by atoms with Crippen LogP contribution in [0, 0.1) is 0 Å². The number of hydrogen-bond acceptors (Lipinski definition) is 4. The maximum absolute atomic E-state index is 12.3. The summed E-state index contributed by atoms with van der Waals surface area (Å²) >= 11 is 6.06. The lowest BCUT2D eigenvalue weighted by molar-refractivity contribution is 0.102. The van der Waals surface area contributed by atoms with E-state index in [1.54, 1.807) is 42.5 Å². The maximum atomic E-state index is 12.3. The first-order valence-electron chi connectivity index (χ1n) is 7.59. The highest BCUT2D eigenvalue weighted by molar-refractivity contribution is 6.32. The first-order chi connectivity index (χ1) is 11.6. The van der Waals surface area contributed by atoms with Gasteiger partial charge in [-0.05, 0) is 43.3 Å². The molecule has 0 aromatic heterocycles. The van der Waals surface area contributed by atoms with Gasteiger partial charge in [-0.1, -0.05) is 17.7 Å². The molecule has 0 radical (unpaired) electrons. The van der Waals surface area contributed by atoms with Crippen LogP contribution in [0.5, 0.6) is 11.5 Å². The van der Waals surface area contributed by atoms with E-state index in [2.05, 4.69) is 5.32 Å². The third-order valence-electron chi connectivity index (χ3n) is 3.21. The van der Waals surface area contributed by atoms with E-state index >= 15 is 0 Å². The van der Waals surface area contributed by atoms with E-state index in [0.717, 1.165) is 0 Å². The SMILES string of the molecule is CCOCCOc1cccc(C(=O)Nc2ccc(OC)c(Cl)c2)c1. The molecule has 0 spiro atoms. The van der Waals surface area contributed by atoms with Gasteiger partial charge in [-0.25, -0.2) is 0 Å². The highest BCUT2D eigenvalue weighted by Gasteiger charge is 2.09. The predicted molar refractivity (Wildman–Crippen MR) is 94.4 cm³/mol. The largest absolute Gasteiger partial charge is 0.495 e. The molecule has 0 heterocycles. The molecule has 2 rings (SSSR count).